The van der Waals surface area contributed by atoms with Crippen LogP contribution in [0.15, 0.2) is 60.8 Å². The number of nitrogens with zero attached hydrogens (tertiary/aromatic N) is 1. The van der Waals surface area contributed by atoms with E-state index in [1.807, 2.05) is 12.3 Å². The number of para-hydroxylation sites is 1. The van der Waals surface area contributed by atoms with E-state index >= 15 is 0 Å². The Morgan fingerprint density at radius 1 is 1.08 bits per heavy atom. The molecule has 3 aromatic rings. The average molecular weight is 345 g/mol. The summed E-state index contributed by atoms with van der Waals surface area (Å²) < 4.78 is 0. The van der Waals surface area contributed by atoms with Crippen molar-refractivity contribution in [3.63, 3.8) is 0 Å². The minimum atomic E-state index is 0.344. The molecule has 1 aliphatic carbocycles. The molecular weight excluding hydrogens is 316 g/mol. The van der Waals surface area contributed by atoms with Gasteiger partial charge in [-0.15, -0.1) is 0 Å². The van der Waals surface area contributed by atoms with Gasteiger partial charge in [-0.25, -0.2) is 0 Å². The molecule has 1 unspecified atom stereocenters. The second-order valence-electron chi connectivity index (χ2n) is 8.47. The number of aromatic nitrogens is 1. The molecule has 2 aromatic carbocycles. The van der Waals surface area contributed by atoms with Crippen LogP contribution in [0.1, 0.15) is 50.8 Å². The summed E-state index contributed by atoms with van der Waals surface area (Å²) >= 11 is 0. The van der Waals surface area contributed by atoms with Crippen LogP contribution in [-0.4, -0.2) is 4.98 Å². The highest BCUT2D eigenvalue weighted by Gasteiger charge is 2.41. The molecule has 0 aliphatic heterocycles. The number of nitrogens with one attached hydrogen (secondary N) is 1. The second kappa shape index (κ2) is 6.75. The molecule has 134 valence electrons. The molecule has 1 fully saturated rings. The third-order valence-corrected chi connectivity index (χ3v) is 5.76. The molecule has 26 heavy (non-hydrogen) atoms. The Bertz CT molecular complexity index is 887. The molecule has 1 atom stereocenters. The van der Waals surface area contributed by atoms with Gasteiger partial charge in [0.25, 0.3) is 0 Å². The Balaban J connectivity index is 1.63. The van der Waals surface area contributed by atoms with E-state index in [4.69, 9.17) is 0 Å². The summed E-state index contributed by atoms with van der Waals surface area (Å²) in [4.78, 5) is 4.62. The summed E-state index contributed by atoms with van der Waals surface area (Å²) in [5.74, 6) is 0.670. The highest BCUT2D eigenvalue weighted by Crippen LogP contribution is 2.51. The van der Waals surface area contributed by atoms with Crippen LogP contribution in [0.25, 0.3) is 10.9 Å². The zero-order valence-electron chi connectivity index (χ0n) is 16.0. The first-order valence-corrected chi connectivity index (χ1v) is 9.74. The summed E-state index contributed by atoms with van der Waals surface area (Å²) in [6.07, 6.45) is 5.59. The van der Waals surface area contributed by atoms with Gasteiger partial charge in [0.15, 0.2) is 0 Å². The van der Waals surface area contributed by atoms with Crippen molar-refractivity contribution in [3.8, 4) is 0 Å². The first-order chi connectivity index (χ1) is 12.5. The lowest BCUT2D eigenvalue weighted by molar-refractivity contribution is 0.0812. The van der Waals surface area contributed by atoms with E-state index in [0.29, 0.717) is 17.4 Å². The maximum Gasteiger partial charge on any atom is 0.0703 e. The molecule has 0 spiro atoms. The standard InChI is InChI=1S/C24H28N2/c1-4-17-9-11-18(12-10-17)23(20-14-24(2,3)15-20)26-21-13-19-7-5-6-8-22(19)25-16-21/h5-13,16,20,23,26H,4,14-15H2,1-3H3. The lowest BCUT2D eigenvalue weighted by Gasteiger charge is -2.47. The van der Waals surface area contributed by atoms with Crippen molar-refractivity contribution in [2.24, 2.45) is 11.3 Å². The SMILES string of the molecule is CCc1ccc(C(Nc2cnc3ccccc3c2)C2CC(C)(C)C2)cc1. The molecule has 0 saturated heterocycles. The minimum Gasteiger partial charge on any atom is -0.377 e. The number of anilines is 1. The van der Waals surface area contributed by atoms with Crippen molar-refractivity contribution < 1.29 is 0 Å². The minimum absolute atomic E-state index is 0.344. The Kier molecular flexibility index (Phi) is 4.44. The van der Waals surface area contributed by atoms with E-state index in [1.54, 1.807) is 0 Å². The van der Waals surface area contributed by atoms with E-state index in [2.05, 4.69) is 79.6 Å². The Hall–Kier alpha value is -2.35. The third-order valence-electron chi connectivity index (χ3n) is 5.76. The fraction of sp³-hybridized carbons (Fsp3) is 0.375. The van der Waals surface area contributed by atoms with Crippen LogP contribution in [0.5, 0.6) is 0 Å². The normalized spacial score (nSPS) is 17.7. The number of aryl methyl sites for hydroxylation is 1. The van der Waals surface area contributed by atoms with E-state index in [1.165, 1.54) is 29.4 Å². The van der Waals surface area contributed by atoms with Crippen LogP contribution >= 0.6 is 0 Å². The van der Waals surface area contributed by atoms with Crippen molar-refractivity contribution in [2.45, 2.75) is 46.1 Å². The number of benzene rings is 2. The fourth-order valence-corrected chi connectivity index (χ4v) is 4.36. The van der Waals surface area contributed by atoms with E-state index in [9.17, 15) is 0 Å². The molecule has 0 amide bonds. The Labute approximate surface area is 156 Å². The predicted octanol–water partition coefficient (Wildman–Crippen LogP) is 6.39. The van der Waals surface area contributed by atoms with E-state index < -0.39 is 0 Å². The van der Waals surface area contributed by atoms with Crippen LogP contribution in [0, 0.1) is 11.3 Å². The summed E-state index contributed by atoms with van der Waals surface area (Å²) in [6.45, 7) is 6.95. The average Bonchev–Trinajstić information content (AvgIpc) is 2.64. The van der Waals surface area contributed by atoms with Crippen LogP contribution in [0.4, 0.5) is 5.69 Å². The number of hydrogen-bond acceptors (Lipinski definition) is 2. The van der Waals surface area contributed by atoms with Crippen LogP contribution < -0.4 is 5.32 Å². The summed E-state index contributed by atoms with van der Waals surface area (Å²) in [6, 6.07) is 20.0. The lowest BCUT2D eigenvalue weighted by atomic mass is 9.61. The molecule has 2 nitrogen and oxygen atoms in total. The highest BCUT2D eigenvalue weighted by atomic mass is 14.9. The van der Waals surface area contributed by atoms with Crippen LogP contribution in [-0.2, 0) is 6.42 Å². The quantitative estimate of drug-likeness (QED) is 0.580. The van der Waals surface area contributed by atoms with Gasteiger partial charge in [-0.1, -0.05) is 63.2 Å². The molecule has 4 rings (SSSR count). The van der Waals surface area contributed by atoms with Crippen LogP contribution in [0.2, 0.25) is 0 Å². The molecule has 1 aromatic heterocycles. The molecule has 0 bridgehead atoms. The van der Waals surface area contributed by atoms with Gasteiger partial charge in [-0.3, -0.25) is 4.98 Å². The third kappa shape index (κ3) is 3.46. The van der Waals surface area contributed by atoms with Gasteiger partial charge in [0.1, 0.15) is 0 Å². The van der Waals surface area contributed by atoms with Gasteiger partial charge in [0, 0.05) is 5.39 Å². The molecule has 0 radical (unpaired) electrons. The predicted molar refractivity (Wildman–Crippen MR) is 110 cm³/mol. The number of pyridine rings is 1. The van der Waals surface area contributed by atoms with Gasteiger partial charge in [-0.2, -0.15) is 0 Å². The van der Waals surface area contributed by atoms with Gasteiger partial charge in [0.2, 0.25) is 0 Å². The molecule has 2 heteroatoms. The Morgan fingerprint density at radius 3 is 2.50 bits per heavy atom. The number of rotatable bonds is 5. The van der Waals surface area contributed by atoms with Gasteiger partial charge in [-0.05, 0) is 53.9 Å². The van der Waals surface area contributed by atoms with Crippen molar-refractivity contribution in [1.82, 2.24) is 4.98 Å². The zero-order valence-corrected chi connectivity index (χ0v) is 16.0. The van der Waals surface area contributed by atoms with Gasteiger partial charge < -0.3 is 5.32 Å². The fourth-order valence-electron chi connectivity index (χ4n) is 4.36. The van der Waals surface area contributed by atoms with Crippen molar-refractivity contribution in [3.05, 3.63) is 71.9 Å². The van der Waals surface area contributed by atoms with Crippen molar-refractivity contribution in [2.75, 3.05) is 5.32 Å². The molecule has 1 aliphatic rings. The maximum atomic E-state index is 4.62. The highest BCUT2D eigenvalue weighted by molar-refractivity contribution is 5.81. The lowest BCUT2D eigenvalue weighted by Crippen LogP contribution is -2.38. The summed E-state index contributed by atoms with van der Waals surface area (Å²) in [7, 11) is 0. The second-order valence-corrected chi connectivity index (χ2v) is 8.47. The van der Waals surface area contributed by atoms with E-state index in [0.717, 1.165) is 17.6 Å². The smallest absolute Gasteiger partial charge is 0.0703 e. The topological polar surface area (TPSA) is 24.9 Å². The summed E-state index contributed by atoms with van der Waals surface area (Å²) in [5, 5.41) is 4.99. The summed E-state index contributed by atoms with van der Waals surface area (Å²) in [5.41, 5.74) is 5.41. The first kappa shape index (κ1) is 17.1. The molecular formula is C24H28N2. The molecule has 1 N–H and O–H groups in total. The monoisotopic (exact) mass is 344 g/mol. The Morgan fingerprint density at radius 2 is 1.81 bits per heavy atom. The zero-order chi connectivity index (χ0) is 18.1. The number of hydrogen-bond donors (Lipinski definition) is 1. The molecule has 1 heterocycles. The number of fused-ring (bicyclic) bond motifs is 1. The van der Waals surface area contributed by atoms with Crippen molar-refractivity contribution in [1.29, 1.82) is 0 Å². The van der Waals surface area contributed by atoms with Gasteiger partial charge in [0.05, 0.1) is 23.4 Å². The first-order valence-electron chi connectivity index (χ1n) is 9.74. The van der Waals surface area contributed by atoms with Gasteiger partial charge >= 0.3 is 0 Å². The van der Waals surface area contributed by atoms with Crippen molar-refractivity contribution >= 4 is 16.6 Å². The maximum absolute atomic E-state index is 4.62. The largest absolute Gasteiger partial charge is 0.377 e. The molecule has 1 saturated carbocycles. The van der Waals surface area contributed by atoms with E-state index in [-0.39, 0.29) is 0 Å². The van der Waals surface area contributed by atoms with Crippen LogP contribution in [0.3, 0.4) is 0 Å².